The number of imide groups is 1. The monoisotopic (exact) mass is 1060 g/mol. The first kappa shape index (κ1) is 51.7. The molecule has 7 aliphatic heterocycles. The van der Waals surface area contributed by atoms with Crippen LogP contribution in [0.4, 0.5) is 25.1 Å². The number of hydrogen-bond acceptors (Lipinski definition) is 14. The number of halogens is 2. The summed E-state index contributed by atoms with van der Waals surface area (Å²) in [5.74, 6) is 1.84. The van der Waals surface area contributed by atoms with Gasteiger partial charge in [-0.3, -0.25) is 29.4 Å². The largest absolute Gasteiger partial charge is 0.461 e. The van der Waals surface area contributed by atoms with E-state index < -0.39 is 11.6 Å². The summed E-state index contributed by atoms with van der Waals surface area (Å²) in [6.45, 7) is 11.0. The van der Waals surface area contributed by atoms with Crippen molar-refractivity contribution in [3.05, 3.63) is 77.1 Å². The van der Waals surface area contributed by atoms with Crippen LogP contribution < -0.4 is 19.9 Å². The number of aryl methyl sites for hydroxylation is 2. The summed E-state index contributed by atoms with van der Waals surface area (Å²) in [6, 6.07) is 15.0. The molecule has 408 valence electrons. The lowest BCUT2D eigenvalue weighted by molar-refractivity contribution is -0.134. The standard InChI is InChI=1S/C34H33F2N5O2.C25H34N6O4/c1-2-23-25(35)11-9-21-7-3-8-24(27(21)23)30-29(36)31-28-26(37-30)12-10-22-19-42-18-6-17-41(22)32(28)39-33(38-31)43-20-34-13-4-15-40(34)16-5-14-34;1-28-21-15-18(3-4-19(21)23(27-28)20-5-6-22(32)26-24(20)33)30-9-7-17(8-10-30)16-29-11-13-31(14-12-29)25(34)35-2/h1,3,7-9,11,22H,4-6,10,12-20H2;3-4,15,17,20H,5-14,16H2,1-2H3,(H,26,32,33). The predicted molar refractivity (Wildman–Crippen MR) is 292 cm³/mol. The second-order valence-corrected chi connectivity index (χ2v) is 22.2. The highest BCUT2D eigenvalue weighted by Gasteiger charge is 2.45. The van der Waals surface area contributed by atoms with Gasteiger partial charge in [-0.05, 0) is 113 Å². The van der Waals surface area contributed by atoms with E-state index in [1.54, 1.807) is 17.0 Å². The van der Waals surface area contributed by atoms with Gasteiger partial charge in [0.25, 0.3) is 0 Å². The molecule has 0 bridgehead atoms. The van der Waals surface area contributed by atoms with Gasteiger partial charge in [0.15, 0.2) is 5.82 Å². The zero-order valence-electron chi connectivity index (χ0n) is 44.6. The number of benzene rings is 3. The van der Waals surface area contributed by atoms with Gasteiger partial charge < -0.3 is 28.9 Å². The van der Waals surface area contributed by atoms with Gasteiger partial charge in [-0.2, -0.15) is 15.1 Å². The summed E-state index contributed by atoms with van der Waals surface area (Å²) in [4.78, 5) is 61.7. The van der Waals surface area contributed by atoms with E-state index in [1.165, 1.54) is 18.9 Å². The third-order valence-corrected chi connectivity index (χ3v) is 17.7. The van der Waals surface area contributed by atoms with Gasteiger partial charge in [-0.25, -0.2) is 18.6 Å². The van der Waals surface area contributed by atoms with Crippen LogP contribution in [0.2, 0.25) is 0 Å². The van der Waals surface area contributed by atoms with Crippen molar-refractivity contribution in [2.75, 3.05) is 102 Å². The Labute approximate surface area is 452 Å². The fraction of sp³-hybridized carbons (Fsp3) is 0.508. The Bertz CT molecular complexity index is 3340. The molecule has 19 heteroatoms. The van der Waals surface area contributed by atoms with Gasteiger partial charge in [-0.1, -0.05) is 30.2 Å². The van der Waals surface area contributed by atoms with Gasteiger partial charge in [0, 0.05) is 94.5 Å². The number of amides is 3. The van der Waals surface area contributed by atoms with Crippen LogP contribution in [0.25, 0.3) is 43.8 Å². The fourth-order valence-electron chi connectivity index (χ4n) is 13.5. The number of carbonyl (C=O) groups excluding carboxylic acids is 3. The minimum Gasteiger partial charge on any atom is -0.461 e. The van der Waals surface area contributed by atoms with E-state index in [9.17, 15) is 18.8 Å². The molecule has 3 amide bonds. The van der Waals surface area contributed by atoms with Crippen molar-refractivity contribution in [2.24, 2.45) is 13.0 Å². The molecule has 7 aliphatic rings. The maximum Gasteiger partial charge on any atom is 0.409 e. The maximum absolute atomic E-state index is 16.9. The lowest BCUT2D eigenvalue weighted by Crippen LogP contribution is -2.50. The van der Waals surface area contributed by atoms with Crippen LogP contribution in [0.15, 0.2) is 48.5 Å². The lowest BCUT2D eigenvalue weighted by Gasteiger charge is -2.39. The molecule has 3 aromatic heterocycles. The van der Waals surface area contributed by atoms with E-state index in [-0.39, 0.29) is 58.2 Å². The molecule has 0 aliphatic carbocycles. The number of fused-ring (bicyclic) bond motifs is 5. The van der Waals surface area contributed by atoms with Crippen LogP contribution in [-0.2, 0) is 32.5 Å². The smallest absolute Gasteiger partial charge is 0.409 e. The number of terminal acetylenes is 1. The molecule has 3 aromatic carbocycles. The molecule has 78 heavy (non-hydrogen) atoms. The molecule has 0 saturated carbocycles. The number of piperazine rings is 1. The molecule has 6 saturated heterocycles. The fourth-order valence-corrected chi connectivity index (χ4v) is 13.5. The molecule has 1 N–H and O–H groups in total. The Morgan fingerprint density at radius 1 is 0.897 bits per heavy atom. The molecular formula is C59H67F2N11O6. The normalized spacial score (nSPS) is 21.9. The van der Waals surface area contributed by atoms with Crippen LogP contribution >= 0.6 is 0 Å². The van der Waals surface area contributed by atoms with Crippen LogP contribution in [-0.4, -0.2) is 161 Å². The van der Waals surface area contributed by atoms with E-state index in [0.29, 0.717) is 78.2 Å². The summed E-state index contributed by atoms with van der Waals surface area (Å²) in [6.07, 6.45) is 15.4. The van der Waals surface area contributed by atoms with Crippen molar-refractivity contribution in [1.29, 1.82) is 0 Å². The van der Waals surface area contributed by atoms with Crippen molar-refractivity contribution in [2.45, 2.75) is 88.1 Å². The quantitative estimate of drug-likeness (QED) is 0.119. The number of piperidine rings is 2. The molecule has 13 rings (SSSR count). The first-order valence-electron chi connectivity index (χ1n) is 27.9. The highest BCUT2D eigenvalue weighted by Crippen LogP contribution is 2.43. The van der Waals surface area contributed by atoms with Gasteiger partial charge in [0.05, 0.1) is 59.1 Å². The van der Waals surface area contributed by atoms with Gasteiger partial charge in [0.1, 0.15) is 29.5 Å². The Kier molecular flexibility index (Phi) is 14.4. The Balaban J connectivity index is 0.000000160. The van der Waals surface area contributed by atoms with Crippen molar-refractivity contribution in [1.82, 2.24) is 44.7 Å². The molecule has 2 unspecified atom stereocenters. The van der Waals surface area contributed by atoms with Crippen molar-refractivity contribution >= 4 is 62.0 Å². The van der Waals surface area contributed by atoms with E-state index in [0.717, 1.165) is 133 Å². The van der Waals surface area contributed by atoms with Crippen LogP contribution in [0.5, 0.6) is 6.01 Å². The number of carbonyl (C=O) groups is 3. The van der Waals surface area contributed by atoms with Crippen LogP contribution in [0, 0.1) is 29.9 Å². The number of nitrogens with zero attached hydrogens (tertiary/aromatic N) is 10. The van der Waals surface area contributed by atoms with Crippen LogP contribution in [0.1, 0.15) is 87.1 Å². The average Bonchev–Trinajstić information content (AvgIpc) is 4.08. The summed E-state index contributed by atoms with van der Waals surface area (Å²) >= 11 is 0. The number of aromatic nitrogens is 5. The minimum absolute atomic E-state index is 0.00280. The molecule has 6 aromatic rings. The molecule has 2 atom stereocenters. The van der Waals surface area contributed by atoms with E-state index in [2.05, 4.69) is 54.1 Å². The second kappa shape index (κ2) is 21.7. The van der Waals surface area contributed by atoms with Crippen molar-refractivity contribution in [3.8, 4) is 29.6 Å². The number of pyridine rings is 1. The van der Waals surface area contributed by atoms with E-state index >= 15 is 4.39 Å². The van der Waals surface area contributed by atoms with Crippen molar-refractivity contribution < 1.29 is 37.4 Å². The first-order chi connectivity index (χ1) is 38.0. The Hall–Kier alpha value is -7.01. The molecule has 0 radical (unpaired) electrons. The summed E-state index contributed by atoms with van der Waals surface area (Å²) in [5, 5.41) is 9.88. The van der Waals surface area contributed by atoms with Crippen LogP contribution in [0.3, 0.4) is 0 Å². The average molecular weight is 1060 g/mol. The maximum atomic E-state index is 16.9. The van der Waals surface area contributed by atoms with Gasteiger partial charge >= 0.3 is 12.1 Å². The van der Waals surface area contributed by atoms with Gasteiger partial charge in [-0.15, -0.1) is 6.42 Å². The van der Waals surface area contributed by atoms with E-state index in [4.69, 9.17) is 35.6 Å². The number of nitrogens with one attached hydrogen (secondary N) is 1. The number of anilines is 2. The number of rotatable bonds is 8. The molecule has 10 heterocycles. The first-order valence-corrected chi connectivity index (χ1v) is 27.9. The number of hydrogen-bond donors (Lipinski definition) is 1. The number of ether oxygens (including phenoxy) is 3. The molecule has 17 nitrogen and oxygen atoms in total. The molecule has 0 spiro atoms. The lowest BCUT2D eigenvalue weighted by atomic mass is 9.92. The highest BCUT2D eigenvalue weighted by molar-refractivity contribution is 6.04. The highest BCUT2D eigenvalue weighted by atomic mass is 19.1. The predicted octanol–water partition coefficient (Wildman–Crippen LogP) is 7.35. The SMILES string of the molecule is C#Cc1c(F)ccc2cccc(-c3nc4c5c(nc(OCC67CCCN6CCC7)nc5c3F)N3CCCOCC3CC4)c12.COC(=O)N1CCN(CC2CCN(c3ccc4c(C5CCC(=O)NC5=O)nn(C)c4c3)CC2)CC1. The third-order valence-electron chi connectivity index (χ3n) is 17.7. The Morgan fingerprint density at radius 2 is 1.71 bits per heavy atom. The summed E-state index contributed by atoms with van der Waals surface area (Å²) in [5.41, 5.74) is 4.47. The van der Waals surface area contributed by atoms with Gasteiger partial charge in [0.2, 0.25) is 11.8 Å². The zero-order chi connectivity index (χ0) is 53.7. The third kappa shape index (κ3) is 9.74. The second-order valence-electron chi connectivity index (χ2n) is 22.2. The number of methoxy groups -OCH3 is 1. The molecule has 6 fully saturated rings. The van der Waals surface area contributed by atoms with E-state index in [1.807, 2.05) is 23.9 Å². The Morgan fingerprint density at radius 3 is 2.47 bits per heavy atom. The summed E-state index contributed by atoms with van der Waals surface area (Å²) < 4.78 is 50.8. The summed E-state index contributed by atoms with van der Waals surface area (Å²) in [7, 11) is 3.35. The zero-order valence-corrected chi connectivity index (χ0v) is 44.6. The topological polar surface area (TPSA) is 164 Å². The van der Waals surface area contributed by atoms with Crippen molar-refractivity contribution in [3.63, 3.8) is 0 Å². The minimum atomic E-state index is -0.585. The molecular weight excluding hydrogens is 997 g/mol.